The van der Waals surface area contributed by atoms with Gasteiger partial charge in [-0.3, -0.25) is 4.79 Å². The number of aryl methyl sites for hydroxylation is 1. The number of guanidine groups is 1. The number of nitrogens with one attached hydrogen (secondary N) is 3. The molecular weight excluding hydrogens is 296 g/mol. The molecule has 6 heteroatoms. The van der Waals surface area contributed by atoms with Crippen LogP contribution in [0.4, 0.5) is 0 Å². The molecule has 0 unspecified atom stereocenters. The van der Waals surface area contributed by atoms with Gasteiger partial charge in [-0.2, -0.15) is 0 Å². The van der Waals surface area contributed by atoms with Crippen LogP contribution in [0.25, 0.3) is 0 Å². The van der Waals surface area contributed by atoms with E-state index in [4.69, 9.17) is 0 Å². The number of thiophene rings is 1. The van der Waals surface area contributed by atoms with Crippen LogP contribution < -0.4 is 16.0 Å². The number of carbonyl (C=O) groups is 1. The molecule has 0 fully saturated rings. The lowest BCUT2D eigenvalue weighted by molar-refractivity contribution is -0.128. The average Bonchev–Trinajstić information content (AvgIpc) is 2.85. The molecule has 0 atom stereocenters. The second kappa shape index (κ2) is 8.78. The van der Waals surface area contributed by atoms with Crippen LogP contribution in [0.15, 0.2) is 17.1 Å². The van der Waals surface area contributed by atoms with Crippen molar-refractivity contribution in [1.29, 1.82) is 0 Å². The summed E-state index contributed by atoms with van der Waals surface area (Å²) in [6, 6.07) is 4.22. The first-order chi connectivity index (χ1) is 10.3. The highest BCUT2D eigenvalue weighted by Gasteiger charge is 2.20. The fraction of sp³-hybridized carbons (Fsp3) is 0.625. The first-order valence-electron chi connectivity index (χ1n) is 7.68. The van der Waals surface area contributed by atoms with Gasteiger partial charge in [0.1, 0.15) is 0 Å². The van der Waals surface area contributed by atoms with Gasteiger partial charge in [-0.25, -0.2) is 4.99 Å². The Morgan fingerprint density at radius 2 is 1.86 bits per heavy atom. The summed E-state index contributed by atoms with van der Waals surface area (Å²) in [5, 5.41) is 9.36. The molecule has 0 aliphatic heterocycles. The lowest BCUT2D eigenvalue weighted by Crippen LogP contribution is -2.43. The molecule has 0 spiro atoms. The molecule has 22 heavy (non-hydrogen) atoms. The monoisotopic (exact) mass is 324 g/mol. The van der Waals surface area contributed by atoms with Crippen molar-refractivity contribution < 1.29 is 4.79 Å². The Kier molecular flexibility index (Phi) is 7.38. The van der Waals surface area contributed by atoms with Gasteiger partial charge in [0, 0.05) is 34.8 Å². The SMILES string of the molecule is CCNC(=NCc1ccc(C)s1)NCCNC(=O)C(C)(C)C. The van der Waals surface area contributed by atoms with Crippen molar-refractivity contribution in [3.63, 3.8) is 0 Å². The molecule has 124 valence electrons. The van der Waals surface area contributed by atoms with Gasteiger partial charge in [-0.15, -0.1) is 11.3 Å². The third-order valence-electron chi connectivity index (χ3n) is 2.92. The van der Waals surface area contributed by atoms with E-state index >= 15 is 0 Å². The number of carbonyl (C=O) groups excluding carboxylic acids is 1. The lowest BCUT2D eigenvalue weighted by atomic mass is 9.96. The molecule has 1 aromatic rings. The van der Waals surface area contributed by atoms with Crippen molar-refractivity contribution in [1.82, 2.24) is 16.0 Å². The standard InChI is InChI=1S/C16H28N4OS/c1-6-17-15(20-11-13-8-7-12(2)22-13)19-10-9-18-14(21)16(3,4)5/h7-8H,6,9-11H2,1-5H3,(H,18,21)(H2,17,19,20). The van der Waals surface area contributed by atoms with Gasteiger partial charge in [0.05, 0.1) is 6.54 Å². The van der Waals surface area contributed by atoms with Crippen molar-refractivity contribution in [2.24, 2.45) is 10.4 Å². The van der Waals surface area contributed by atoms with Gasteiger partial charge < -0.3 is 16.0 Å². The lowest BCUT2D eigenvalue weighted by Gasteiger charge is -2.18. The molecule has 1 heterocycles. The topological polar surface area (TPSA) is 65.5 Å². The molecule has 0 aliphatic rings. The van der Waals surface area contributed by atoms with Gasteiger partial charge >= 0.3 is 0 Å². The van der Waals surface area contributed by atoms with Gasteiger partial charge in [-0.1, -0.05) is 20.8 Å². The minimum Gasteiger partial charge on any atom is -0.357 e. The first-order valence-corrected chi connectivity index (χ1v) is 8.50. The number of rotatable bonds is 6. The van der Waals surface area contributed by atoms with Gasteiger partial charge in [-0.05, 0) is 26.0 Å². The Bertz CT molecular complexity index is 502. The van der Waals surface area contributed by atoms with E-state index in [-0.39, 0.29) is 11.3 Å². The van der Waals surface area contributed by atoms with E-state index < -0.39 is 0 Å². The molecular formula is C16H28N4OS. The quantitative estimate of drug-likeness (QED) is 0.427. The molecule has 0 aliphatic carbocycles. The summed E-state index contributed by atoms with van der Waals surface area (Å²) in [4.78, 5) is 18.9. The van der Waals surface area contributed by atoms with Crippen LogP contribution in [0.1, 0.15) is 37.4 Å². The van der Waals surface area contributed by atoms with E-state index in [1.165, 1.54) is 9.75 Å². The van der Waals surface area contributed by atoms with Crippen LogP contribution in [0.5, 0.6) is 0 Å². The van der Waals surface area contributed by atoms with Crippen LogP contribution in [-0.2, 0) is 11.3 Å². The summed E-state index contributed by atoms with van der Waals surface area (Å²) >= 11 is 1.76. The Hall–Kier alpha value is -1.56. The molecule has 0 aromatic carbocycles. The summed E-state index contributed by atoms with van der Waals surface area (Å²) in [6.07, 6.45) is 0. The molecule has 0 bridgehead atoms. The maximum Gasteiger partial charge on any atom is 0.225 e. The highest BCUT2D eigenvalue weighted by atomic mass is 32.1. The number of hydrogen-bond acceptors (Lipinski definition) is 3. The summed E-state index contributed by atoms with van der Waals surface area (Å²) in [5.74, 6) is 0.837. The highest BCUT2D eigenvalue weighted by Crippen LogP contribution is 2.15. The van der Waals surface area contributed by atoms with E-state index in [1.54, 1.807) is 11.3 Å². The molecule has 5 nitrogen and oxygen atoms in total. The summed E-state index contributed by atoms with van der Waals surface area (Å²) < 4.78 is 0. The van der Waals surface area contributed by atoms with E-state index in [0.717, 1.165) is 12.5 Å². The van der Waals surface area contributed by atoms with E-state index in [2.05, 4.69) is 40.0 Å². The zero-order valence-electron chi connectivity index (χ0n) is 14.2. The van der Waals surface area contributed by atoms with Crippen LogP contribution in [0.2, 0.25) is 0 Å². The van der Waals surface area contributed by atoms with E-state index in [1.807, 2.05) is 27.7 Å². The fourth-order valence-electron chi connectivity index (χ4n) is 1.69. The molecule has 0 saturated heterocycles. The van der Waals surface area contributed by atoms with Crippen LogP contribution >= 0.6 is 11.3 Å². The van der Waals surface area contributed by atoms with Crippen molar-refractivity contribution in [3.05, 3.63) is 21.9 Å². The zero-order chi connectivity index (χ0) is 16.6. The number of hydrogen-bond donors (Lipinski definition) is 3. The Labute approximate surface area is 137 Å². The Morgan fingerprint density at radius 1 is 1.18 bits per heavy atom. The maximum absolute atomic E-state index is 11.8. The molecule has 0 radical (unpaired) electrons. The Morgan fingerprint density at radius 3 is 2.41 bits per heavy atom. The normalized spacial score (nSPS) is 12.1. The summed E-state index contributed by atoms with van der Waals surface area (Å²) in [6.45, 7) is 12.6. The third kappa shape index (κ3) is 6.93. The van der Waals surface area contributed by atoms with E-state index in [9.17, 15) is 4.79 Å². The Balaban J connectivity index is 2.39. The van der Waals surface area contributed by atoms with Gasteiger partial charge in [0.25, 0.3) is 0 Å². The second-order valence-corrected chi connectivity index (χ2v) is 7.51. The molecule has 1 rings (SSSR count). The van der Waals surface area contributed by atoms with Crippen molar-refractivity contribution in [3.8, 4) is 0 Å². The van der Waals surface area contributed by atoms with Crippen molar-refractivity contribution in [2.45, 2.75) is 41.2 Å². The summed E-state index contributed by atoms with van der Waals surface area (Å²) in [7, 11) is 0. The minimum absolute atomic E-state index is 0.0605. The summed E-state index contributed by atoms with van der Waals surface area (Å²) in [5.41, 5.74) is -0.352. The van der Waals surface area contributed by atoms with Crippen molar-refractivity contribution >= 4 is 23.2 Å². The van der Waals surface area contributed by atoms with Crippen LogP contribution in [-0.4, -0.2) is 31.5 Å². The van der Waals surface area contributed by atoms with Gasteiger partial charge in [0.2, 0.25) is 5.91 Å². The predicted molar refractivity (Wildman–Crippen MR) is 94.3 cm³/mol. The van der Waals surface area contributed by atoms with Crippen molar-refractivity contribution in [2.75, 3.05) is 19.6 Å². The number of aliphatic imine (C=N–C) groups is 1. The smallest absolute Gasteiger partial charge is 0.225 e. The average molecular weight is 324 g/mol. The molecule has 1 amide bonds. The van der Waals surface area contributed by atoms with Crippen LogP contribution in [0, 0.1) is 12.3 Å². The number of nitrogens with zero attached hydrogens (tertiary/aromatic N) is 1. The molecule has 0 saturated carbocycles. The maximum atomic E-state index is 11.8. The zero-order valence-corrected chi connectivity index (χ0v) is 15.1. The second-order valence-electron chi connectivity index (χ2n) is 6.14. The fourth-order valence-corrected chi connectivity index (χ4v) is 2.51. The molecule has 1 aromatic heterocycles. The first kappa shape index (κ1) is 18.5. The minimum atomic E-state index is -0.352. The van der Waals surface area contributed by atoms with Gasteiger partial charge in [0.15, 0.2) is 5.96 Å². The van der Waals surface area contributed by atoms with Crippen LogP contribution in [0.3, 0.4) is 0 Å². The van der Waals surface area contributed by atoms with E-state index in [0.29, 0.717) is 19.6 Å². The molecule has 3 N–H and O–H groups in total. The predicted octanol–water partition coefficient (Wildman–Crippen LogP) is 2.27. The largest absolute Gasteiger partial charge is 0.357 e. The number of amides is 1. The third-order valence-corrected chi connectivity index (χ3v) is 3.90. The highest BCUT2D eigenvalue weighted by molar-refractivity contribution is 7.11.